The Morgan fingerprint density at radius 2 is 2.00 bits per heavy atom. The van der Waals surface area contributed by atoms with Gasteiger partial charge in [0.1, 0.15) is 0 Å². The highest BCUT2D eigenvalue weighted by atomic mass is 79.9. The van der Waals surface area contributed by atoms with Crippen LogP contribution in [0.3, 0.4) is 0 Å². The molecule has 0 spiro atoms. The number of amides is 1. The van der Waals surface area contributed by atoms with Crippen LogP contribution in [0.5, 0.6) is 0 Å². The molecule has 0 bridgehead atoms. The maximum Gasteiger partial charge on any atom is 0.253 e. The molecule has 2 rings (SSSR count). The first-order valence-electron chi connectivity index (χ1n) is 7.32. The summed E-state index contributed by atoms with van der Waals surface area (Å²) in [5.74, 6) is 0.112. The average Bonchev–Trinajstić information content (AvgIpc) is 2.45. The fourth-order valence-corrected chi connectivity index (χ4v) is 3.36. The number of benzene rings is 1. The standard InChI is InChI=1S/C16H23BrN2O2/c1-12-10-18(11-13(2)19(12)7-8-21-3)16(20)14-5-4-6-15(17)9-14/h4-6,9,12-13H,7-8,10-11H2,1-3H3. The highest BCUT2D eigenvalue weighted by Crippen LogP contribution is 2.19. The van der Waals surface area contributed by atoms with Crippen LogP contribution in [0.1, 0.15) is 24.2 Å². The maximum atomic E-state index is 12.6. The third-order valence-electron chi connectivity index (χ3n) is 4.01. The molecule has 1 aliphatic rings. The molecule has 1 aliphatic heterocycles. The van der Waals surface area contributed by atoms with E-state index in [1.54, 1.807) is 7.11 Å². The molecule has 0 radical (unpaired) electrons. The van der Waals surface area contributed by atoms with Crippen molar-refractivity contribution in [1.82, 2.24) is 9.80 Å². The molecule has 1 amide bonds. The highest BCUT2D eigenvalue weighted by molar-refractivity contribution is 9.10. The van der Waals surface area contributed by atoms with Crippen molar-refractivity contribution in [3.63, 3.8) is 0 Å². The molecule has 2 atom stereocenters. The van der Waals surface area contributed by atoms with E-state index in [0.29, 0.717) is 12.1 Å². The summed E-state index contributed by atoms with van der Waals surface area (Å²) in [7, 11) is 1.72. The largest absolute Gasteiger partial charge is 0.383 e. The number of carbonyl (C=O) groups is 1. The molecule has 1 fully saturated rings. The van der Waals surface area contributed by atoms with Crippen LogP contribution in [0.15, 0.2) is 28.7 Å². The molecular weight excluding hydrogens is 332 g/mol. The fourth-order valence-electron chi connectivity index (χ4n) is 2.96. The summed E-state index contributed by atoms with van der Waals surface area (Å²) in [5.41, 5.74) is 0.745. The van der Waals surface area contributed by atoms with E-state index in [9.17, 15) is 4.79 Å². The van der Waals surface area contributed by atoms with Gasteiger partial charge in [-0.3, -0.25) is 9.69 Å². The van der Waals surface area contributed by atoms with Gasteiger partial charge in [0.2, 0.25) is 0 Å². The number of hydrogen-bond acceptors (Lipinski definition) is 3. The number of ether oxygens (including phenoxy) is 1. The zero-order valence-electron chi connectivity index (χ0n) is 12.9. The monoisotopic (exact) mass is 354 g/mol. The second-order valence-electron chi connectivity index (χ2n) is 5.65. The summed E-state index contributed by atoms with van der Waals surface area (Å²) in [6.07, 6.45) is 0. The fraction of sp³-hybridized carbons (Fsp3) is 0.562. The van der Waals surface area contributed by atoms with Crippen LogP contribution in [-0.2, 0) is 4.74 Å². The lowest BCUT2D eigenvalue weighted by Crippen LogP contribution is -2.58. The van der Waals surface area contributed by atoms with Crippen LogP contribution in [0.2, 0.25) is 0 Å². The molecule has 2 unspecified atom stereocenters. The molecular formula is C16H23BrN2O2. The summed E-state index contributed by atoms with van der Waals surface area (Å²) in [5, 5.41) is 0. The number of hydrogen-bond donors (Lipinski definition) is 0. The van der Waals surface area contributed by atoms with E-state index in [2.05, 4.69) is 34.7 Å². The zero-order valence-corrected chi connectivity index (χ0v) is 14.5. The molecule has 1 heterocycles. The quantitative estimate of drug-likeness (QED) is 0.833. The average molecular weight is 355 g/mol. The zero-order chi connectivity index (χ0) is 15.4. The first-order chi connectivity index (χ1) is 10.0. The summed E-state index contributed by atoms with van der Waals surface area (Å²) in [6.45, 7) is 7.52. The molecule has 5 heteroatoms. The predicted molar refractivity (Wildman–Crippen MR) is 87.6 cm³/mol. The van der Waals surface area contributed by atoms with E-state index in [0.717, 1.165) is 36.3 Å². The van der Waals surface area contributed by atoms with E-state index < -0.39 is 0 Å². The van der Waals surface area contributed by atoms with Gasteiger partial charge >= 0.3 is 0 Å². The number of piperazine rings is 1. The van der Waals surface area contributed by atoms with Crippen molar-refractivity contribution < 1.29 is 9.53 Å². The van der Waals surface area contributed by atoms with Gasteiger partial charge in [-0.15, -0.1) is 0 Å². The molecule has 0 aromatic heterocycles. The number of methoxy groups -OCH3 is 1. The number of halogens is 1. The van der Waals surface area contributed by atoms with Crippen LogP contribution in [0.25, 0.3) is 0 Å². The van der Waals surface area contributed by atoms with Crippen molar-refractivity contribution >= 4 is 21.8 Å². The molecule has 0 aliphatic carbocycles. The van der Waals surface area contributed by atoms with Crippen molar-refractivity contribution in [1.29, 1.82) is 0 Å². The SMILES string of the molecule is COCCN1C(C)CN(C(=O)c2cccc(Br)c2)CC1C. The van der Waals surface area contributed by atoms with Gasteiger partial charge in [0, 0.05) is 48.9 Å². The van der Waals surface area contributed by atoms with Gasteiger partial charge in [0.15, 0.2) is 0 Å². The Balaban J connectivity index is 2.05. The minimum absolute atomic E-state index is 0.112. The van der Waals surface area contributed by atoms with Gasteiger partial charge in [-0.1, -0.05) is 22.0 Å². The van der Waals surface area contributed by atoms with Gasteiger partial charge in [0.25, 0.3) is 5.91 Å². The number of carbonyl (C=O) groups excluding carboxylic acids is 1. The third kappa shape index (κ3) is 4.05. The minimum Gasteiger partial charge on any atom is -0.383 e. The van der Waals surface area contributed by atoms with E-state index in [1.807, 2.05) is 29.2 Å². The van der Waals surface area contributed by atoms with Crippen molar-refractivity contribution in [3.05, 3.63) is 34.3 Å². The summed E-state index contributed by atoms with van der Waals surface area (Å²) < 4.78 is 6.11. The lowest BCUT2D eigenvalue weighted by atomic mass is 10.1. The number of rotatable bonds is 4. The summed E-state index contributed by atoms with van der Waals surface area (Å²) >= 11 is 3.42. The van der Waals surface area contributed by atoms with Gasteiger partial charge in [-0.05, 0) is 32.0 Å². The van der Waals surface area contributed by atoms with Gasteiger partial charge < -0.3 is 9.64 Å². The van der Waals surface area contributed by atoms with Crippen LogP contribution >= 0.6 is 15.9 Å². The lowest BCUT2D eigenvalue weighted by Gasteiger charge is -2.44. The smallest absolute Gasteiger partial charge is 0.253 e. The Labute approximate surface area is 135 Å². The van der Waals surface area contributed by atoms with Crippen LogP contribution in [-0.4, -0.2) is 61.1 Å². The first-order valence-corrected chi connectivity index (χ1v) is 8.11. The maximum absolute atomic E-state index is 12.6. The predicted octanol–water partition coefficient (Wildman–Crippen LogP) is 2.63. The molecule has 0 N–H and O–H groups in total. The van der Waals surface area contributed by atoms with Gasteiger partial charge in [-0.2, -0.15) is 0 Å². The van der Waals surface area contributed by atoms with Crippen molar-refractivity contribution in [2.45, 2.75) is 25.9 Å². The minimum atomic E-state index is 0.112. The lowest BCUT2D eigenvalue weighted by molar-refractivity contribution is 0.0193. The second-order valence-corrected chi connectivity index (χ2v) is 6.56. The Bertz CT molecular complexity index is 483. The van der Waals surface area contributed by atoms with Crippen molar-refractivity contribution in [3.8, 4) is 0 Å². The number of nitrogens with zero attached hydrogens (tertiary/aromatic N) is 2. The molecule has 0 saturated carbocycles. The Kier molecular flexibility index (Phi) is 5.79. The molecule has 1 aromatic carbocycles. The molecule has 21 heavy (non-hydrogen) atoms. The summed E-state index contributed by atoms with van der Waals surface area (Å²) in [4.78, 5) is 17.0. The van der Waals surface area contributed by atoms with E-state index in [1.165, 1.54) is 0 Å². The Morgan fingerprint density at radius 3 is 2.57 bits per heavy atom. The molecule has 1 aromatic rings. The van der Waals surface area contributed by atoms with E-state index in [4.69, 9.17) is 4.74 Å². The van der Waals surface area contributed by atoms with Crippen LogP contribution < -0.4 is 0 Å². The normalized spacial score (nSPS) is 23.3. The highest BCUT2D eigenvalue weighted by Gasteiger charge is 2.31. The summed E-state index contributed by atoms with van der Waals surface area (Å²) in [6, 6.07) is 8.29. The topological polar surface area (TPSA) is 32.8 Å². The Morgan fingerprint density at radius 1 is 1.33 bits per heavy atom. The van der Waals surface area contributed by atoms with Crippen LogP contribution in [0, 0.1) is 0 Å². The first kappa shape index (κ1) is 16.5. The van der Waals surface area contributed by atoms with Crippen molar-refractivity contribution in [2.24, 2.45) is 0 Å². The third-order valence-corrected chi connectivity index (χ3v) is 4.51. The van der Waals surface area contributed by atoms with Gasteiger partial charge in [0.05, 0.1) is 6.61 Å². The molecule has 1 saturated heterocycles. The van der Waals surface area contributed by atoms with Crippen molar-refractivity contribution in [2.75, 3.05) is 33.4 Å². The van der Waals surface area contributed by atoms with E-state index in [-0.39, 0.29) is 5.91 Å². The van der Waals surface area contributed by atoms with Gasteiger partial charge in [-0.25, -0.2) is 0 Å². The van der Waals surface area contributed by atoms with E-state index >= 15 is 0 Å². The second kappa shape index (κ2) is 7.38. The Hall–Kier alpha value is -0.910. The molecule has 4 nitrogen and oxygen atoms in total. The van der Waals surface area contributed by atoms with Crippen LogP contribution in [0.4, 0.5) is 0 Å². The molecule has 116 valence electrons.